The van der Waals surface area contributed by atoms with Crippen LogP contribution in [0, 0.1) is 0 Å². The number of hydrogen-bond acceptors (Lipinski definition) is 2. The lowest BCUT2D eigenvalue weighted by atomic mass is 9.96. The first-order valence-electron chi connectivity index (χ1n) is 71.0. The Balaban J connectivity index is 0.000000216. The van der Waals surface area contributed by atoms with Gasteiger partial charge in [0.1, 0.15) is 0 Å². The van der Waals surface area contributed by atoms with E-state index in [4.69, 9.17) is 48.0 Å². The number of fused-ring (bicyclic) bond motifs is 6. The van der Waals surface area contributed by atoms with Crippen LogP contribution in [0.3, 0.4) is 0 Å². The van der Waals surface area contributed by atoms with Crippen LogP contribution < -0.4 is 9.80 Å². The summed E-state index contributed by atoms with van der Waals surface area (Å²) in [6.45, 7) is 0. The summed E-state index contributed by atoms with van der Waals surface area (Å²) in [5.74, 6) is 0. The molecule has 0 fully saturated rings. The second kappa shape index (κ2) is 33.8. The standard InChI is InChI=1S/2C60H42N2/c2*1-5-17-43(18-6-1)45-29-35-51(36-30-45)61(59-39-33-49(44-19-7-2-8-20-44)41-55(59)48-23-11-4-12-24-48)52-37-31-46(32-38-52)50-34-40-60-56(42-50)54-26-14-16-28-58(54)62(60)57-27-15-13-25-53(57)47-21-9-3-10-22-47/h2*1-42H/i1D,2D,3D,4D,5D,6D,7D,8D,9D,10D,11D,12D,13D,14D,15D,16D,17D,18D,19D,20D,21D,22D,23D,24D,25D,26D,27D,28D,29D,30D,31D,32D,33D,34D,35D,36D,37D,38D,39D,40D,41D,42D;1D,2D,4D,5D,6D,7D,8D,11D,12D,17D,18D,19D,20D,23D,24D,29D,30D,31D,32D,33D,35D,36D,37D,38D,39D,41D. The van der Waals surface area contributed by atoms with E-state index < -0.39 is 562 Å². The first-order chi connectivity index (χ1) is 89.8. The molecule has 0 radical (unpaired) electrons. The Morgan fingerprint density at radius 1 is 0.169 bits per heavy atom. The average Bonchev–Trinajstić information content (AvgIpc) is 1.52. The minimum atomic E-state index is -1.55. The molecule has 4 heteroatoms. The van der Waals surface area contributed by atoms with Crippen LogP contribution in [0.2, 0.25) is 0 Å². The van der Waals surface area contributed by atoms with Crippen molar-refractivity contribution in [2.45, 2.75) is 0 Å². The van der Waals surface area contributed by atoms with Gasteiger partial charge in [0.25, 0.3) is 0 Å². The molecule has 22 aromatic rings. The maximum Gasteiger partial charge on any atom is 0.0645 e. The Morgan fingerprint density at radius 3 is 1.02 bits per heavy atom. The second-order valence-electron chi connectivity index (χ2n) is 26.2. The molecule has 0 unspecified atom stereocenters. The summed E-state index contributed by atoms with van der Waals surface area (Å²) in [7, 11) is 0. The van der Waals surface area contributed by atoms with Crippen molar-refractivity contribution in [1.82, 2.24) is 9.13 Å². The lowest BCUT2D eigenvalue weighted by Gasteiger charge is -2.29. The van der Waals surface area contributed by atoms with Crippen LogP contribution in [-0.4, -0.2) is 9.13 Å². The van der Waals surface area contributed by atoms with Crippen molar-refractivity contribution < 1.29 is 93.2 Å². The smallest absolute Gasteiger partial charge is 0.0645 e. The van der Waals surface area contributed by atoms with Gasteiger partial charge in [0.2, 0.25) is 0 Å². The van der Waals surface area contributed by atoms with E-state index in [0.717, 1.165) is 27.7 Å². The van der Waals surface area contributed by atoms with Crippen LogP contribution in [0.1, 0.15) is 93.2 Å². The average molecular weight is 1650 g/mol. The van der Waals surface area contributed by atoms with Crippen LogP contribution in [0.4, 0.5) is 34.1 Å². The molecule has 2 heterocycles. The van der Waals surface area contributed by atoms with E-state index in [9.17, 15) is 45.2 Å². The van der Waals surface area contributed by atoms with Crippen LogP contribution in [-0.2, 0) is 0 Å². The van der Waals surface area contributed by atoms with E-state index >= 15 is 0 Å². The molecule has 2 aromatic heterocycles. The highest BCUT2D eigenvalue weighted by Crippen LogP contribution is 2.48. The molecule has 0 saturated carbocycles. The Morgan fingerprint density at radius 2 is 0.516 bits per heavy atom. The molecule has 584 valence electrons. The van der Waals surface area contributed by atoms with Gasteiger partial charge < -0.3 is 18.9 Å². The fraction of sp³-hybridized carbons (Fsp3) is 0. The zero-order valence-electron chi connectivity index (χ0n) is 131. The van der Waals surface area contributed by atoms with E-state index in [1.165, 1.54) is 0 Å². The maximum absolute atomic E-state index is 10.0. The van der Waals surface area contributed by atoms with Crippen LogP contribution in [0.15, 0.2) is 508 Å². The van der Waals surface area contributed by atoms with E-state index in [1.807, 2.05) is 83.4 Å². The first kappa shape index (κ1) is 32.0. The van der Waals surface area contributed by atoms with Gasteiger partial charge in [-0.15, -0.1) is 0 Å². The molecule has 0 saturated heterocycles. The van der Waals surface area contributed by atoms with E-state index in [0.29, 0.717) is 20.4 Å². The number of aromatic nitrogens is 2. The minimum Gasteiger partial charge on any atom is -0.310 e. The lowest BCUT2D eigenvalue weighted by Crippen LogP contribution is -2.11. The van der Waals surface area contributed by atoms with Crippen LogP contribution >= 0.6 is 0 Å². The molecule has 0 bridgehead atoms. The molecule has 0 aliphatic heterocycles. The van der Waals surface area contributed by atoms with Gasteiger partial charge >= 0.3 is 0 Å². The zero-order valence-corrected chi connectivity index (χ0v) is 63.0. The summed E-state index contributed by atoms with van der Waals surface area (Å²) in [6, 6.07) is -47.9. The highest BCUT2D eigenvalue weighted by molar-refractivity contribution is 6.13. The van der Waals surface area contributed by atoms with Crippen molar-refractivity contribution in [3.05, 3.63) is 508 Å². The van der Waals surface area contributed by atoms with Gasteiger partial charge in [-0.25, -0.2) is 0 Å². The predicted octanol–water partition coefficient (Wildman–Crippen LogP) is 33.2. The number of rotatable bonds is 18. The Bertz CT molecular complexity index is 11700. The quantitative estimate of drug-likeness (QED) is 0.0851. The third-order valence-electron chi connectivity index (χ3n) is 19.1. The third kappa shape index (κ3) is 14.8. The van der Waals surface area contributed by atoms with Gasteiger partial charge in [-0.3, -0.25) is 0 Å². The van der Waals surface area contributed by atoms with E-state index in [2.05, 4.69) is 0 Å². The zero-order chi connectivity index (χ0) is 142. The number of anilines is 6. The van der Waals surface area contributed by atoms with Gasteiger partial charge in [-0.05, 0) is 210 Å². The molecule has 0 aliphatic rings. The predicted molar refractivity (Wildman–Crippen MR) is 525 cm³/mol. The van der Waals surface area contributed by atoms with Crippen LogP contribution in [0.5, 0.6) is 0 Å². The largest absolute Gasteiger partial charge is 0.310 e. The molecule has 0 amide bonds. The summed E-state index contributed by atoms with van der Waals surface area (Å²) in [6.07, 6.45) is 0. The highest BCUT2D eigenvalue weighted by Gasteiger charge is 2.24. The van der Waals surface area contributed by atoms with Gasteiger partial charge in [0, 0.05) is 66.5 Å². The van der Waals surface area contributed by atoms with Crippen molar-refractivity contribution in [3.8, 4) is 123 Å². The van der Waals surface area contributed by atoms with Gasteiger partial charge in [0.05, 0.1) is 138 Å². The monoisotopic (exact) mass is 1650 g/mol. The molecule has 0 spiro atoms. The fourth-order valence-corrected chi connectivity index (χ4v) is 13.7. The topological polar surface area (TPSA) is 16.3 Å². The summed E-state index contributed by atoms with van der Waals surface area (Å²) in [4.78, 5) is 0.566. The summed E-state index contributed by atoms with van der Waals surface area (Å²) in [5, 5.41) is -0.358. The number of hydrogen-bond donors (Lipinski definition) is 0. The third-order valence-corrected chi connectivity index (χ3v) is 19.1. The molecule has 0 atom stereocenters. The molecule has 4 nitrogen and oxygen atoms in total. The van der Waals surface area contributed by atoms with Crippen LogP contribution in [0.25, 0.3) is 166 Å². The normalized spacial score (nSPS) is 18.9. The molecular weight excluding hydrogens is 1500 g/mol. The van der Waals surface area contributed by atoms with Crippen molar-refractivity contribution in [3.63, 3.8) is 0 Å². The lowest BCUT2D eigenvalue weighted by molar-refractivity contribution is 1.18. The number of nitrogens with zero attached hydrogens (tertiary/aromatic N) is 4. The van der Waals surface area contributed by atoms with E-state index in [1.54, 1.807) is 18.2 Å². The number of benzene rings is 20. The molecule has 0 N–H and O–H groups in total. The summed E-state index contributed by atoms with van der Waals surface area (Å²) >= 11 is 0. The molecular formula is C120H84N4. The maximum atomic E-state index is 10.0. The molecule has 20 aromatic carbocycles. The van der Waals surface area contributed by atoms with Crippen molar-refractivity contribution >= 4 is 77.7 Å². The SMILES string of the molecule is [2H]c1c([2H])c([2H])c(-c2c([2H])c([2H])c(N(c3c([2H])c([2H])c(-c4c([2H])c([2H])c5c(c4[2H])c4c([2H])c([2H])c([2H])c([2H])c4n5-c4c([2H])c([2H])c([2H])c([2H])c4-c4c([2H])c([2H])c([2H])c([2H])c4[2H])c([2H])c3[2H])c3c([2H])c([2H])c(-c4c([2H])c([2H])c([2H])c([2H])c4[2H])c([2H])c3-c3c([2H])c([2H])c([2H])c([2H])c3[2H])c([2H])c2[2H])c([2H])c1[2H].[2H]c1c([2H])c([2H])c(-c2c([2H])c([2H])c(N(c3c([2H])c([2H])c(-c4ccc5c(c4)c4ccccc4n5-c4ccccc4-c4ccccc4)c([2H])c3[2H])c3c([2H])c([2H])c(-c4c([2H])c([2H])c([2H])c([2H])c4[2H])c([2H])c3-c3c([2H])c([2H])c([2H])c([2H])c3[2H])c([2H])c2[2H])c([2H])c1[2H]. The number of para-hydroxylation sites is 4. The Hall–Kier alpha value is -16.4. The molecule has 22 rings (SSSR count). The minimum absolute atomic E-state index is 0.125. The van der Waals surface area contributed by atoms with Gasteiger partial charge in [-0.2, -0.15) is 0 Å². The van der Waals surface area contributed by atoms with Crippen molar-refractivity contribution in [1.29, 1.82) is 0 Å². The first-order valence-corrected chi connectivity index (χ1v) is 37.0. The summed E-state index contributed by atoms with van der Waals surface area (Å²) in [5.41, 5.74) is -22.8. The fourth-order valence-electron chi connectivity index (χ4n) is 13.7. The molecule has 0 aliphatic carbocycles. The Kier molecular flexibility index (Phi) is 8.71. The van der Waals surface area contributed by atoms with Crippen molar-refractivity contribution in [2.75, 3.05) is 9.80 Å². The second-order valence-corrected chi connectivity index (χ2v) is 26.2. The van der Waals surface area contributed by atoms with Gasteiger partial charge in [0.15, 0.2) is 0 Å². The summed E-state index contributed by atoms with van der Waals surface area (Å²) < 4.78 is 624. The molecule has 124 heavy (non-hydrogen) atoms. The Labute approximate surface area is 819 Å². The van der Waals surface area contributed by atoms with E-state index in [-0.39, 0.29) is 16.0 Å². The highest BCUT2D eigenvalue weighted by atomic mass is 15.2. The van der Waals surface area contributed by atoms with Gasteiger partial charge in [-0.1, -0.05) is 387 Å². The van der Waals surface area contributed by atoms with Crippen molar-refractivity contribution in [2.24, 2.45) is 0 Å².